The van der Waals surface area contributed by atoms with Gasteiger partial charge in [-0.2, -0.15) is 0 Å². The van der Waals surface area contributed by atoms with Gasteiger partial charge in [-0.25, -0.2) is 8.42 Å². The Hall–Kier alpha value is -2.58. The number of benzene rings is 2. The van der Waals surface area contributed by atoms with Gasteiger partial charge in [-0.1, -0.05) is 48.9 Å². The number of nitrogens with one attached hydrogen (secondary N) is 1. The number of hydrogen-bond donors (Lipinski definition) is 1. The standard InChI is InChI=1S/C24H32ClN3O4S/c1-5-22(24(30)26-3)27(17-19-11-7-6-10-18(19)2)23(29)14-9-15-28(33(4,31)32)21-13-8-12-20(25)16-21/h6-8,10-13,16,22H,5,9,14-15,17H2,1-4H3,(H,26,30). The van der Waals surface area contributed by atoms with Gasteiger partial charge in [-0.3, -0.25) is 13.9 Å². The molecule has 180 valence electrons. The van der Waals surface area contributed by atoms with Crippen molar-refractivity contribution in [3.63, 3.8) is 0 Å². The fourth-order valence-corrected chi connectivity index (χ4v) is 4.83. The highest BCUT2D eigenvalue weighted by molar-refractivity contribution is 7.92. The number of carbonyl (C=O) groups excluding carboxylic acids is 2. The molecule has 2 aromatic carbocycles. The summed E-state index contributed by atoms with van der Waals surface area (Å²) in [5, 5.41) is 3.07. The van der Waals surface area contributed by atoms with Crippen molar-refractivity contribution in [2.45, 2.75) is 45.7 Å². The number of anilines is 1. The second kappa shape index (κ2) is 12.0. The van der Waals surface area contributed by atoms with Gasteiger partial charge in [0.2, 0.25) is 21.8 Å². The van der Waals surface area contributed by atoms with Crippen molar-refractivity contribution >= 4 is 39.1 Å². The molecule has 0 aliphatic rings. The number of likely N-dealkylation sites (N-methyl/N-ethyl adjacent to an activating group) is 1. The normalized spacial score (nSPS) is 12.2. The minimum atomic E-state index is -3.56. The maximum Gasteiger partial charge on any atom is 0.242 e. The molecule has 0 saturated carbocycles. The van der Waals surface area contributed by atoms with Gasteiger partial charge in [0.05, 0.1) is 11.9 Å². The van der Waals surface area contributed by atoms with E-state index in [9.17, 15) is 18.0 Å². The average Bonchev–Trinajstić information content (AvgIpc) is 2.76. The number of hydrogen-bond acceptors (Lipinski definition) is 4. The first-order valence-electron chi connectivity index (χ1n) is 10.9. The van der Waals surface area contributed by atoms with E-state index in [1.807, 2.05) is 38.1 Å². The second-order valence-corrected chi connectivity index (χ2v) is 10.2. The summed E-state index contributed by atoms with van der Waals surface area (Å²) in [6, 6.07) is 13.7. The molecule has 33 heavy (non-hydrogen) atoms. The summed E-state index contributed by atoms with van der Waals surface area (Å²) in [5.74, 6) is -0.427. The molecule has 0 aliphatic carbocycles. The predicted octanol–water partition coefficient (Wildman–Crippen LogP) is 3.75. The van der Waals surface area contributed by atoms with E-state index in [4.69, 9.17) is 11.6 Å². The molecular formula is C24H32ClN3O4S. The van der Waals surface area contributed by atoms with Crippen LogP contribution in [0.1, 0.15) is 37.3 Å². The zero-order valence-electron chi connectivity index (χ0n) is 19.5. The quantitative estimate of drug-likeness (QED) is 0.516. The highest BCUT2D eigenvalue weighted by Gasteiger charge is 2.28. The Morgan fingerprint density at radius 3 is 2.39 bits per heavy atom. The molecule has 0 bridgehead atoms. The number of nitrogens with zero attached hydrogens (tertiary/aromatic N) is 2. The summed E-state index contributed by atoms with van der Waals surface area (Å²) >= 11 is 6.03. The predicted molar refractivity (Wildman–Crippen MR) is 133 cm³/mol. The lowest BCUT2D eigenvalue weighted by molar-refractivity contribution is -0.141. The van der Waals surface area contributed by atoms with E-state index in [1.165, 1.54) is 4.31 Å². The summed E-state index contributed by atoms with van der Waals surface area (Å²) < 4.78 is 25.9. The Morgan fingerprint density at radius 2 is 1.82 bits per heavy atom. The van der Waals surface area contributed by atoms with Crippen molar-refractivity contribution in [3.8, 4) is 0 Å². The Bertz CT molecular complexity index is 1070. The Kier molecular flexibility index (Phi) is 9.73. The van der Waals surface area contributed by atoms with Crippen LogP contribution in [-0.4, -0.2) is 51.0 Å². The third-order valence-corrected chi connectivity index (χ3v) is 6.91. The summed E-state index contributed by atoms with van der Waals surface area (Å²) in [4.78, 5) is 27.3. The van der Waals surface area contributed by atoms with Gasteiger partial charge in [-0.15, -0.1) is 0 Å². The van der Waals surface area contributed by atoms with Crippen LogP contribution in [0.15, 0.2) is 48.5 Å². The lowest BCUT2D eigenvalue weighted by atomic mass is 10.1. The molecule has 0 fully saturated rings. The molecule has 9 heteroatoms. The SMILES string of the molecule is CCC(C(=O)NC)N(Cc1ccccc1C)C(=O)CCCN(c1cccc(Cl)c1)S(C)(=O)=O. The van der Waals surface area contributed by atoms with E-state index in [0.29, 0.717) is 30.1 Å². The largest absolute Gasteiger partial charge is 0.357 e. The van der Waals surface area contributed by atoms with Crippen LogP contribution in [0, 0.1) is 6.92 Å². The smallest absolute Gasteiger partial charge is 0.242 e. The third kappa shape index (κ3) is 7.47. The van der Waals surface area contributed by atoms with Gasteiger partial charge in [0.15, 0.2) is 0 Å². The molecule has 2 amide bonds. The fourth-order valence-electron chi connectivity index (χ4n) is 3.69. The highest BCUT2D eigenvalue weighted by atomic mass is 35.5. The number of carbonyl (C=O) groups is 2. The Morgan fingerprint density at radius 1 is 1.12 bits per heavy atom. The van der Waals surface area contributed by atoms with E-state index in [-0.39, 0.29) is 24.8 Å². The van der Waals surface area contributed by atoms with Crippen molar-refractivity contribution in [1.29, 1.82) is 0 Å². The molecule has 0 spiro atoms. The Balaban J connectivity index is 2.20. The first kappa shape index (κ1) is 26.7. The topological polar surface area (TPSA) is 86.8 Å². The number of halogens is 1. The van der Waals surface area contributed by atoms with E-state index >= 15 is 0 Å². The number of rotatable bonds is 11. The van der Waals surface area contributed by atoms with Crippen molar-refractivity contribution in [2.75, 3.05) is 24.2 Å². The Labute approximate surface area is 201 Å². The number of sulfonamides is 1. The summed E-state index contributed by atoms with van der Waals surface area (Å²) in [6.45, 7) is 4.26. The summed E-state index contributed by atoms with van der Waals surface area (Å²) in [5.41, 5.74) is 2.45. The van der Waals surface area contributed by atoms with E-state index in [1.54, 1.807) is 36.2 Å². The van der Waals surface area contributed by atoms with Crippen molar-refractivity contribution in [3.05, 3.63) is 64.7 Å². The van der Waals surface area contributed by atoms with Crippen LogP contribution in [0.25, 0.3) is 0 Å². The van der Waals surface area contributed by atoms with Gasteiger partial charge in [0.25, 0.3) is 0 Å². The minimum Gasteiger partial charge on any atom is -0.357 e. The monoisotopic (exact) mass is 493 g/mol. The highest BCUT2D eigenvalue weighted by Crippen LogP contribution is 2.23. The van der Waals surface area contributed by atoms with Gasteiger partial charge in [-0.05, 0) is 49.1 Å². The first-order chi connectivity index (χ1) is 15.6. The lowest BCUT2D eigenvalue weighted by Crippen LogP contribution is -2.48. The van der Waals surface area contributed by atoms with E-state index in [0.717, 1.165) is 17.4 Å². The second-order valence-electron chi connectivity index (χ2n) is 7.90. The minimum absolute atomic E-state index is 0.103. The lowest BCUT2D eigenvalue weighted by Gasteiger charge is -2.31. The molecule has 1 N–H and O–H groups in total. The third-order valence-electron chi connectivity index (χ3n) is 5.48. The molecule has 2 aromatic rings. The maximum atomic E-state index is 13.3. The number of aryl methyl sites for hydroxylation is 1. The summed E-state index contributed by atoms with van der Waals surface area (Å²) in [7, 11) is -2.01. The van der Waals surface area contributed by atoms with Crippen LogP contribution in [-0.2, 0) is 26.2 Å². The van der Waals surface area contributed by atoms with Gasteiger partial charge >= 0.3 is 0 Å². The average molecular weight is 494 g/mol. The first-order valence-corrected chi connectivity index (χ1v) is 13.1. The molecule has 7 nitrogen and oxygen atoms in total. The molecular weight excluding hydrogens is 462 g/mol. The molecule has 2 rings (SSSR count). The van der Waals surface area contributed by atoms with Crippen LogP contribution >= 0.6 is 11.6 Å². The molecule has 0 heterocycles. The van der Waals surface area contributed by atoms with E-state index < -0.39 is 16.1 Å². The number of amides is 2. The van der Waals surface area contributed by atoms with Crippen molar-refractivity contribution < 1.29 is 18.0 Å². The van der Waals surface area contributed by atoms with Gasteiger partial charge in [0.1, 0.15) is 6.04 Å². The molecule has 1 unspecified atom stereocenters. The molecule has 1 atom stereocenters. The van der Waals surface area contributed by atoms with Crippen LogP contribution in [0.2, 0.25) is 5.02 Å². The fraction of sp³-hybridized carbons (Fsp3) is 0.417. The van der Waals surface area contributed by atoms with Crippen molar-refractivity contribution in [1.82, 2.24) is 10.2 Å². The van der Waals surface area contributed by atoms with Crippen LogP contribution < -0.4 is 9.62 Å². The molecule has 0 radical (unpaired) electrons. The molecule has 0 aromatic heterocycles. The zero-order valence-corrected chi connectivity index (χ0v) is 21.1. The van der Waals surface area contributed by atoms with Gasteiger partial charge < -0.3 is 10.2 Å². The van der Waals surface area contributed by atoms with Crippen LogP contribution in [0.3, 0.4) is 0 Å². The van der Waals surface area contributed by atoms with Crippen LogP contribution in [0.4, 0.5) is 5.69 Å². The molecule has 0 aliphatic heterocycles. The van der Waals surface area contributed by atoms with Gasteiger partial charge in [0, 0.05) is 31.6 Å². The van der Waals surface area contributed by atoms with E-state index in [2.05, 4.69) is 5.32 Å². The van der Waals surface area contributed by atoms with Crippen LogP contribution in [0.5, 0.6) is 0 Å². The van der Waals surface area contributed by atoms with Crippen molar-refractivity contribution in [2.24, 2.45) is 0 Å². The molecule has 0 saturated heterocycles. The zero-order chi connectivity index (χ0) is 24.6. The summed E-state index contributed by atoms with van der Waals surface area (Å²) in [6.07, 6.45) is 1.99. The maximum absolute atomic E-state index is 13.3.